The van der Waals surface area contributed by atoms with Gasteiger partial charge in [-0.1, -0.05) is 12.1 Å². The molecule has 0 unspecified atom stereocenters. The molecule has 0 radical (unpaired) electrons. The van der Waals surface area contributed by atoms with E-state index in [1.807, 2.05) is 53.4 Å². The minimum atomic E-state index is -0.651. The van der Waals surface area contributed by atoms with E-state index >= 15 is 0 Å². The number of fused-ring (bicyclic) bond motifs is 1. The third kappa shape index (κ3) is 4.29. The predicted octanol–water partition coefficient (Wildman–Crippen LogP) is 2.24. The van der Waals surface area contributed by atoms with Gasteiger partial charge in [-0.15, -0.1) is 0 Å². The second-order valence-corrected chi connectivity index (χ2v) is 7.36. The minimum Gasteiger partial charge on any atom is -0.477 e. The zero-order valence-electron chi connectivity index (χ0n) is 16.6. The first kappa shape index (κ1) is 19.1. The number of carbonyl (C=O) groups excluding carboxylic acids is 2. The van der Waals surface area contributed by atoms with Crippen LogP contribution in [0.1, 0.15) is 12.8 Å². The highest BCUT2D eigenvalue weighted by Crippen LogP contribution is 2.33. The molecule has 2 aromatic carbocycles. The number of amides is 2. The van der Waals surface area contributed by atoms with Crippen LogP contribution in [-0.4, -0.2) is 51.1 Å². The summed E-state index contributed by atoms with van der Waals surface area (Å²) in [4.78, 5) is 29.0. The highest BCUT2D eigenvalue weighted by Gasteiger charge is 2.31. The first-order valence-electron chi connectivity index (χ1n) is 10.0. The molecule has 1 atom stereocenters. The standard InChI is InChI=1S/C22H26N4O3/c1-23-22(28)20-14-26(18-6-2-3-7-19(18)29-20)15-21(27)24-16-8-10-17(11-9-16)25-12-4-5-13-25/h2-3,6-11,20H,4-5,12-15H2,1H3,(H,23,28)(H,24,27)/t20-/m0/s1. The van der Waals surface area contributed by atoms with Crippen molar-refractivity contribution in [3.05, 3.63) is 48.5 Å². The predicted molar refractivity (Wildman–Crippen MR) is 114 cm³/mol. The minimum absolute atomic E-state index is 0.133. The molecule has 2 aliphatic rings. The average molecular weight is 394 g/mol. The van der Waals surface area contributed by atoms with E-state index in [0.717, 1.165) is 24.5 Å². The molecule has 29 heavy (non-hydrogen) atoms. The number of likely N-dealkylation sites (N-methyl/N-ethyl adjacent to an activating group) is 1. The van der Waals surface area contributed by atoms with Gasteiger partial charge in [0.2, 0.25) is 5.91 Å². The molecule has 0 aliphatic carbocycles. The Balaban J connectivity index is 1.42. The number of anilines is 3. The van der Waals surface area contributed by atoms with Crippen LogP contribution >= 0.6 is 0 Å². The van der Waals surface area contributed by atoms with Crippen LogP contribution in [0.3, 0.4) is 0 Å². The summed E-state index contributed by atoms with van der Waals surface area (Å²) in [5.74, 6) is 0.267. The van der Waals surface area contributed by atoms with E-state index in [-0.39, 0.29) is 18.4 Å². The Bertz CT molecular complexity index is 878. The molecule has 2 aromatic rings. The van der Waals surface area contributed by atoms with Crippen LogP contribution in [0.15, 0.2) is 48.5 Å². The van der Waals surface area contributed by atoms with Crippen molar-refractivity contribution < 1.29 is 14.3 Å². The number of hydrogen-bond acceptors (Lipinski definition) is 5. The third-order valence-electron chi connectivity index (χ3n) is 5.36. The highest BCUT2D eigenvalue weighted by molar-refractivity contribution is 5.95. The molecule has 152 valence electrons. The van der Waals surface area contributed by atoms with E-state index in [9.17, 15) is 9.59 Å². The van der Waals surface area contributed by atoms with Crippen molar-refractivity contribution in [3.8, 4) is 5.75 Å². The van der Waals surface area contributed by atoms with Crippen molar-refractivity contribution in [2.45, 2.75) is 18.9 Å². The fourth-order valence-corrected chi connectivity index (χ4v) is 3.86. The molecule has 1 saturated heterocycles. The number of hydrogen-bond donors (Lipinski definition) is 2. The second-order valence-electron chi connectivity index (χ2n) is 7.36. The number of carbonyl (C=O) groups is 2. The highest BCUT2D eigenvalue weighted by atomic mass is 16.5. The molecule has 0 bridgehead atoms. The first-order valence-corrected chi connectivity index (χ1v) is 10.0. The van der Waals surface area contributed by atoms with E-state index in [1.54, 1.807) is 7.05 Å². The summed E-state index contributed by atoms with van der Waals surface area (Å²) in [6.45, 7) is 2.64. The van der Waals surface area contributed by atoms with Gasteiger partial charge in [0, 0.05) is 31.5 Å². The van der Waals surface area contributed by atoms with Crippen molar-refractivity contribution in [2.75, 3.05) is 48.3 Å². The largest absolute Gasteiger partial charge is 0.477 e. The fraction of sp³-hybridized carbons (Fsp3) is 0.364. The monoisotopic (exact) mass is 394 g/mol. The SMILES string of the molecule is CNC(=O)[C@@H]1CN(CC(=O)Nc2ccc(N3CCCC3)cc2)c2ccccc2O1. The Morgan fingerprint density at radius 2 is 1.79 bits per heavy atom. The van der Waals surface area contributed by atoms with Crippen LogP contribution in [0.4, 0.5) is 17.1 Å². The summed E-state index contributed by atoms with van der Waals surface area (Å²) in [5.41, 5.74) is 2.77. The maximum atomic E-state index is 12.7. The lowest BCUT2D eigenvalue weighted by molar-refractivity contribution is -0.127. The molecular formula is C22H26N4O3. The van der Waals surface area contributed by atoms with Gasteiger partial charge in [-0.05, 0) is 49.2 Å². The lowest BCUT2D eigenvalue weighted by atomic mass is 10.1. The Kier molecular flexibility index (Phi) is 5.55. The molecule has 0 saturated carbocycles. The van der Waals surface area contributed by atoms with Gasteiger partial charge in [0.15, 0.2) is 6.10 Å². The molecule has 2 amide bonds. The summed E-state index contributed by atoms with van der Waals surface area (Å²) >= 11 is 0. The summed E-state index contributed by atoms with van der Waals surface area (Å²) in [7, 11) is 1.58. The van der Waals surface area contributed by atoms with Crippen LogP contribution < -0.4 is 25.2 Å². The molecule has 2 aliphatic heterocycles. The van der Waals surface area contributed by atoms with Gasteiger partial charge in [-0.3, -0.25) is 9.59 Å². The molecule has 2 heterocycles. The van der Waals surface area contributed by atoms with E-state index < -0.39 is 6.10 Å². The van der Waals surface area contributed by atoms with Crippen molar-refractivity contribution in [1.82, 2.24) is 5.32 Å². The first-order chi connectivity index (χ1) is 14.1. The summed E-state index contributed by atoms with van der Waals surface area (Å²) in [5, 5.41) is 5.57. The summed E-state index contributed by atoms with van der Waals surface area (Å²) < 4.78 is 5.79. The smallest absolute Gasteiger partial charge is 0.262 e. The Morgan fingerprint density at radius 1 is 1.07 bits per heavy atom. The second kappa shape index (κ2) is 8.43. The molecule has 1 fully saturated rings. The van der Waals surface area contributed by atoms with Gasteiger partial charge in [0.25, 0.3) is 5.91 Å². The number of ether oxygens (including phenoxy) is 1. The quantitative estimate of drug-likeness (QED) is 0.814. The third-order valence-corrected chi connectivity index (χ3v) is 5.36. The lowest BCUT2D eigenvalue weighted by Crippen LogP contribution is -2.50. The van der Waals surface area contributed by atoms with Gasteiger partial charge in [-0.2, -0.15) is 0 Å². The van der Waals surface area contributed by atoms with Crippen LogP contribution in [0.5, 0.6) is 5.75 Å². The van der Waals surface area contributed by atoms with E-state index in [1.165, 1.54) is 18.5 Å². The molecule has 2 N–H and O–H groups in total. The lowest BCUT2D eigenvalue weighted by Gasteiger charge is -2.35. The van der Waals surface area contributed by atoms with Crippen molar-refractivity contribution in [1.29, 1.82) is 0 Å². The van der Waals surface area contributed by atoms with Crippen molar-refractivity contribution >= 4 is 28.9 Å². The number of benzene rings is 2. The van der Waals surface area contributed by atoms with Crippen LogP contribution in [0.2, 0.25) is 0 Å². The van der Waals surface area contributed by atoms with Gasteiger partial charge < -0.3 is 25.2 Å². The van der Waals surface area contributed by atoms with Crippen molar-refractivity contribution in [2.24, 2.45) is 0 Å². The van der Waals surface area contributed by atoms with E-state index in [2.05, 4.69) is 15.5 Å². The normalized spacial score (nSPS) is 18.0. The topological polar surface area (TPSA) is 73.9 Å². The average Bonchev–Trinajstić information content (AvgIpc) is 3.28. The number of para-hydroxylation sites is 2. The zero-order valence-corrected chi connectivity index (χ0v) is 16.6. The van der Waals surface area contributed by atoms with Gasteiger partial charge in [0.1, 0.15) is 5.75 Å². The van der Waals surface area contributed by atoms with Crippen LogP contribution in [-0.2, 0) is 9.59 Å². The van der Waals surface area contributed by atoms with Crippen LogP contribution in [0, 0.1) is 0 Å². The van der Waals surface area contributed by atoms with Gasteiger partial charge in [-0.25, -0.2) is 0 Å². The maximum absolute atomic E-state index is 12.7. The molecular weight excluding hydrogens is 368 g/mol. The molecule has 7 heteroatoms. The number of rotatable bonds is 5. The number of nitrogens with one attached hydrogen (secondary N) is 2. The van der Waals surface area contributed by atoms with E-state index in [4.69, 9.17) is 4.74 Å². The van der Waals surface area contributed by atoms with Crippen molar-refractivity contribution in [3.63, 3.8) is 0 Å². The zero-order chi connectivity index (χ0) is 20.2. The van der Waals surface area contributed by atoms with E-state index in [0.29, 0.717) is 12.3 Å². The molecule has 0 aromatic heterocycles. The molecule has 0 spiro atoms. The fourth-order valence-electron chi connectivity index (χ4n) is 3.86. The maximum Gasteiger partial charge on any atom is 0.262 e. The summed E-state index contributed by atoms with van der Waals surface area (Å²) in [6, 6.07) is 15.4. The molecule has 7 nitrogen and oxygen atoms in total. The van der Waals surface area contributed by atoms with Gasteiger partial charge in [0.05, 0.1) is 18.8 Å². The molecule has 4 rings (SSSR count). The Morgan fingerprint density at radius 3 is 2.52 bits per heavy atom. The number of nitrogens with zero attached hydrogens (tertiary/aromatic N) is 2. The summed E-state index contributed by atoms with van der Waals surface area (Å²) in [6.07, 6.45) is 1.81. The Hall–Kier alpha value is -3.22. The van der Waals surface area contributed by atoms with Crippen LogP contribution in [0.25, 0.3) is 0 Å². The Labute approximate surface area is 170 Å². The van der Waals surface area contributed by atoms with Gasteiger partial charge >= 0.3 is 0 Å².